The first-order valence-corrected chi connectivity index (χ1v) is 8.05. The van der Waals surface area contributed by atoms with Crippen LogP contribution in [0.2, 0.25) is 0 Å². The third-order valence-corrected chi connectivity index (χ3v) is 3.72. The lowest BCUT2D eigenvalue weighted by molar-refractivity contribution is -0.0639. The lowest BCUT2D eigenvalue weighted by atomic mass is 9.88. The van der Waals surface area contributed by atoms with Crippen LogP contribution in [0.1, 0.15) is 53.9 Å². The van der Waals surface area contributed by atoms with Gasteiger partial charge < -0.3 is 19.2 Å². The van der Waals surface area contributed by atoms with Crippen LogP contribution in [0.5, 0.6) is 0 Å². The van der Waals surface area contributed by atoms with Crippen LogP contribution >= 0.6 is 0 Å². The molecule has 0 radical (unpaired) electrons. The van der Waals surface area contributed by atoms with Crippen LogP contribution in [0.3, 0.4) is 0 Å². The van der Waals surface area contributed by atoms with Crippen LogP contribution in [0.25, 0.3) is 0 Å². The number of rotatable bonds is 2. The van der Waals surface area contributed by atoms with Gasteiger partial charge in [0.15, 0.2) is 0 Å². The summed E-state index contributed by atoms with van der Waals surface area (Å²) in [5.74, 6) is 1.15. The molecule has 126 valence electrons. The highest BCUT2D eigenvalue weighted by atomic mass is 16.7. The van der Waals surface area contributed by atoms with E-state index in [-0.39, 0.29) is 11.7 Å². The zero-order valence-electron chi connectivity index (χ0n) is 14.3. The predicted molar refractivity (Wildman–Crippen MR) is 83.7 cm³/mol. The monoisotopic (exact) mass is 312 g/mol. The molecule has 6 heteroatoms. The molecule has 0 unspecified atom stereocenters. The average molecular weight is 312 g/mol. The van der Waals surface area contributed by atoms with Gasteiger partial charge >= 0.3 is 6.09 Å². The summed E-state index contributed by atoms with van der Waals surface area (Å²) in [5, 5.41) is 4.07. The first-order chi connectivity index (χ1) is 10.2. The molecule has 0 atom stereocenters. The Morgan fingerprint density at radius 2 is 2.00 bits per heavy atom. The summed E-state index contributed by atoms with van der Waals surface area (Å²) in [5.41, 5.74) is -0.762. The zero-order chi connectivity index (χ0) is 16.4. The van der Waals surface area contributed by atoms with Crippen LogP contribution in [0.15, 0.2) is 5.16 Å². The smallest absolute Gasteiger partial charge is 0.410 e. The Hall–Kier alpha value is -1.46. The standard InChI is InChI=1S/C16H28N2O4/c1-12(2)11-20-13-10-16(22-17-13)6-8-18(9-7-16)14(19)21-15(3,4)5/h12H,6-11H2,1-5H3. The largest absolute Gasteiger partial charge is 0.478 e. The first-order valence-electron chi connectivity index (χ1n) is 8.05. The number of amides is 1. The van der Waals surface area contributed by atoms with Crippen molar-refractivity contribution in [2.24, 2.45) is 11.1 Å². The SMILES string of the molecule is CC(C)COC1=NOC2(CCN(C(=O)OC(C)(C)C)CC2)C1. The van der Waals surface area contributed by atoms with Gasteiger partial charge in [0.25, 0.3) is 0 Å². The quantitative estimate of drug-likeness (QED) is 0.786. The molecule has 0 N–H and O–H groups in total. The first kappa shape index (κ1) is 16.9. The second-order valence-corrected chi connectivity index (χ2v) is 7.61. The molecule has 1 amide bonds. The molecule has 0 aliphatic carbocycles. The summed E-state index contributed by atoms with van der Waals surface area (Å²) < 4.78 is 11.1. The van der Waals surface area contributed by atoms with E-state index in [1.165, 1.54) is 0 Å². The van der Waals surface area contributed by atoms with Crippen LogP contribution in [-0.4, -0.2) is 47.8 Å². The van der Waals surface area contributed by atoms with Crippen molar-refractivity contribution in [1.29, 1.82) is 0 Å². The van der Waals surface area contributed by atoms with Gasteiger partial charge in [-0.15, -0.1) is 0 Å². The van der Waals surface area contributed by atoms with Gasteiger partial charge in [0.1, 0.15) is 11.2 Å². The molecular formula is C16H28N2O4. The molecule has 2 aliphatic heterocycles. The van der Waals surface area contributed by atoms with Crippen molar-refractivity contribution >= 4 is 12.0 Å². The van der Waals surface area contributed by atoms with Crippen molar-refractivity contribution in [2.75, 3.05) is 19.7 Å². The van der Waals surface area contributed by atoms with E-state index in [4.69, 9.17) is 14.3 Å². The van der Waals surface area contributed by atoms with Crippen LogP contribution in [-0.2, 0) is 14.3 Å². The van der Waals surface area contributed by atoms with E-state index < -0.39 is 5.60 Å². The van der Waals surface area contributed by atoms with Crippen LogP contribution in [0.4, 0.5) is 4.79 Å². The van der Waals surface area contributed by atoms with Crippen LogP contribution < -0.4 is 0 Å². The van der Waals surface area contributed by atoms with Crippen molar-refractivity contribution in [3.05, 3.63) is 0 Å². The Kier molecular flexibility index (Phi) is 4.87. The highest BCUT2D eigenvalue weighted by Crippen LogP contribution is 2.35. The normalized spacial score (nSPS) is 20.8. The molecule has 0 aromatic heterocycles. The zero-order valence-corrected chi connectivity index (χ0v) is 14.3. The average Bonchev–Trinajstić information content (AvgIpc) is 2.78. The van der Waals surface area contributed by atoms with Gasteiger partial charge in [-0.25, -0.2) is 4.79 Å². The lowest BCUT2D eigenvalue weighted by Gasteiger charge is -2.37. The number of ether oxygens (including phenoxy) is 2. The summed E-state index contributed by atoms with van der Waals surface area (Å²) in [7, 11) is 0. The number of likely N-dealkylation sites (tertiary alicyclic amines) is 1. The molecule has 0 aromatic carbocycles. The third kappa shape index (κ3) is 4.52. The molecule has 1 fully saturated rings. The fraction of sp³-hybridized carbons (Fsp3) is 0.875. The molecule has 0 saturated carbocycles. The second-order valence-electron chi connectivity index (χ2n) is 7.61. The molecule has 1 spiro atoms. The molecule has 6 nitrogen and oxygen atoms in total. The molecule has 22 heavy (non-hydrogen) atoms. The van der Waals surface area contributed by atoms with Crippen LogP contribution in [0, 0.1) is 5.92 Å². The molecule has 1 saturated heterocycles. The second kappa shape index (κ2) is 6.34. The highest BCUT2D eigenvalue weighted by Gasteiger charge is 2.44. The van der Waals surface area contributed by atoms with E-state index in [1.54, 1.807) is 4.90 Å². The summed E-state index contributed by atoms with van der Waals surface area (Å²) in [4.78, 5) is 19.5. The minimum absolute atomic E-state index is 0.252. The minimum atomic E-state index is -0.461. The van der Waals surface area contributed by atoms with Crippen molar-refractivity contribution in [3.8, 4) is 0 Å². The molecule has 0 aromatic rings. The maximum atomic E-state index is 12.1. The highest BCUT2D eigenvalue weighted by molar-refractivity contribution is 5.78. The number of hydrogen-bond acceptors (Lipinski definition) is 5. The Labute approximate surface area is 132 Å². The molecule has 2 heterocycles. The van der Waals surface area contributed by atoms with E-state index in [2.05, 4.69) is 19.0 Å². The Bertz CT molecular complexity index is 432. The van der Waals surface area contributed by atoms with Crippen molar-refractivity contribution in [2.45, 2.75) is 65.1 Å². The fourth-order valence-electron chi connectivity index (χ4n) is 2.52. The summed E-state index contributed by atoms with van der Waals surface area (Å²) in [6.45, 7) is 11.7. The van der Waals surface area contributed by atoms with E-state index >= 15 is 0 Å². The number of carbonyl (C=O) groups excluding carboxylic acids is 1. The number of carbonyl (C=O) groups is 1. The van der Waals surface area contributed by atoms with E-state index in [0.717, 1.165) is 12.8 Å². The molecule has 2 rings (SSSR count). The fourth-order valence-corrected chi connectivity index (χ4v) is 2.52. The number of hydrogen-bond donors (Lipinski definition) is 0. The van der Waals surface area contributed by atoms with E-state index in [9.17, 15) is 4.79 Å². The third-order valence-electron chi connectivity index (χ3n) is 3.72. The number of piperidine rings is 1. The molecular weight excluding hydrogens is 284 g/mol. The number of oxime groups is 1. The van der Waals surface area contributed by atoms with Gasteiger partial charge in [-0.3, -0.25) is 0 Å². The Balaban J connectivity index is 1.79. The van der Waals surface area contributed by atoms with Crippen molar-refractivity contribution in [3.63, 3.8) is 0 Å². The van der Waals surface area contributed by atoms with Crippen molar-refractivity contribution < 1.29 is 19.1 Å². The maximum absolute atomic E-state index is 12.1. The van der Waals surface area contributed by atoms with Gasteiger partial charge in [-0.1, -0.05) is 19.0 Å². The number of nitrogens with zero attached hydrogens (tertiary/aromatic N) is 2. The van der Waals surface area contributed by atoms with Gasteiger partial charge in [-0.05, 0) is 26.7 Å². The van der Waals surface area contributed by atoms with Gasteiger partial charge in [0.2, 0.25) is 5.90 Å². The maximum Gasteiger partial charge on any atom is 0.410 e. The Morgan fingerprint density at radius 3 is 2.55 bits per heavy atom. The lowest BCUT2D eigenvalue weighted by Crippen LogP contribution is -2.48. The summed E-state index contributed by atoms with van der Waals surface area (Å²) in [6.07, 6.45) is 1.95. The van der Waals surface area contributed by atoms with Gasteiger partial charge in [0.05, 0.1) is 13.0 Å². The Morgan fingerprint density at radius 1 is 1.36 bits per heavy atom. The molecule has 2 aliphatic rings. The van der Waals surface area contributed by atoms with Gasteiger partial charge in [0, 0.05) is 25.9 Å². The minimum Gasteiger partial charge on any atom is -0.478 e. The summed E-state index contributed by atoms with van der Waals surface area (Å²) >= 11 is 0. The summed E-state index contributed by atoms with van der Waals surface area (Å²) in [6, 6.07) is 0. The predicted octanol–water partition coefficient (Wildman–Crippen LogP) is 3.16. The van der Waals surface area contributed by atoms with E-state index in [1.807, 2.05) is 20.8 Å². The van der Waals surface area contributed by atoms with Gasteiger partial charge in [-0.2, -0.15) is 0 Å². The molecule has 0 bridgehead atoms. The van der Waals surface area contributed by atoms with Crippen molar-refractivity contribution in [1.82, 2.24) is 4.90 Å². The topological polar surface area (TPSA) is 60.4 Å². The van der Waals surface area contributed by atoms with E-state index in [0.29, 0.717) is 37.9 Å².